The Morgan fingerprint density at radius 1 is 1.09 bits per heavy atom. The van der Waals surface area contributed by atoms with Crippen molar-refractivity contribution in [2.45, 2.75) is 39.7 Å². The normalized spacial score (nSPS) is 11.2. The zero-order valence-corrected chi connectivity index (χ0v) is 19.3. The Hall–Kier alpha value is -3.19. The molecule has 2 amide bonds. The fourth-order valence-corrected chi connectivity index (χ4v) is 4.90. The van der Waals surface area contributed by atoms with Crippen molar-refractivity contribution in [2.75, 3.05) is 18.4 Å². The van der Waals surface area contributed by atoms with E-state index in [9.17, 15) is 9.59 Å². The minimum Gasteiger partial charge on any atom is -0.342 e. The molecule has 0 bridgehead atoms. The summed E-state index contributed by atoms with van der Waals surface area (Å²) in [6.07, 6.45) is 3.94. The number of para-hydroxylation sites is 1. The van der Waals surface area contributed by atoms with Gasteiger partial charge in [-0.2, -0.15) is 0 Å². The fraction of sp³-hybridized carbons (Fsp3) is 0.320. The summed E-state index contributed by atoms with van der Waals surface area (Å²) in [4.78, 5) is 31.3. The third-order valence-electron chi connectivity index (χ3n) is 5.61. The number of thiazole rings is 1. The molecule has 0 unspecified atom stereocenters. The molecule has 0 aliphatic heterocycles. The number of aryl methyl sites for hydroxylation is 1. The number of benzene rings is 2. The highest BCUT2D eigenvalue weighted by Crippen LogP contribution is 2.23. The molecule has 2 aromatic heterocycles. The van der Waals surface area contributed by atoms with Crippen LogP contribution in [0.4, 0.5) is 5.69 Å². The number of likely N-dealkylation sites (N-methyl/N-ethyl adjacent to an activating group) is 1. The van der Waals surface area contributed by atoms with E-state index in [1.165, 1.54) is 4.70 Å². The van der Waals surface area contributed by atoms with Crippen molar-refractivity contribution < 1.29 is 9.59 Å². The van der Waals surface area contributed by atoms with Crippen molar-refractivity contribution in [1.82, 2.24) is 14.5 Å². The first-order chi connectivity index (χ1) is 15.6. The minimum absolute atomic E-state index is 0.00149. The molecule has 0 fully saturated rings. The van der Waals surface area contributed by atoms with Crippen LogP contribution in [-0.4, -0.2) is 39.4 Å². The highest BCUT2D eigenvalue weighted by Gasteiger charge is 2.12. The molecule has 166 valence electrons. The van der Waals surface area contributed by atoms with Gasteiger partial charge in [-0.05, 0) is 63.1 Å². The van der Waals surface area contributed by atoms with Gasteiger partial charge in [0.05, 0.1) is 15.2 Å². The molecular weight excluding hydrogens is 420 g/mol. The molecule has 2 heterocycles. The second-order valence-corrected chi connectivity index (χ2v) is 8.88. The summed E-state index contributed by atoms with van der Waals surface area (Å²) in [7, 11) is 0. The summed E-state index contributed by atoms with van der Waals surface area (Å²) in [6, 6.07) is 15.9. The standard InChI is InChI=1S/C25H28N4O2S/c1-3-28(4-2)25(31)17-29-15-14-18-16-19(12-13-21(18)29)26-23(30)10-7-11-24-27-20-8-5-6-9-22(20)32-24/h5-6,8-9,12-16H,3-4,7,10-11,17H2,1-2H3,(H,26,30). The zero-order valence-electron chi connectivity index (χ0n) is 18.5. The topological polar surface area (TPSA) is 67.2 Å². The van der Waals surface area contributed by atoms with E-state index in [1.807, 2.05) is 72.0 Å². The zero-order chi connectivity index (χ0) is 22.5. The number of carbonyl (C=O) groups is 2. The molecule has 4 rings (SSSR count). The molecule has 0 aliphatic carbocycles. The van der Waals surface area contributed by atoms with Gasteiger partial charge in [0.2, 0.25) is 11.8 Å². The van der Waals surface area contributed by atoms with Gasteiger partial charge >= 0.3 is 0 Å². The van der Waals surface area contributed by atoms with Crippen LogP contribution in [0.3, 0.4) is 0 Å². The van der Waals surface area contributed by atoms with Gasteiger partial charge in [0.15, 0.2) is 0 Å². The van der Waals surface area contributed by atoms with E-state index < -0.39 is 0 Å². The van der Waals surface area contributed by atoms with Crippen LogP contribution >= 0.6 is 11.3 Å². The van der Waals surface area contributed by atoms with Crippen LogP contribution in [0.15, 0.2) is 54.7 Å². The Bertz CT molecular complexity index is 1210. The number of aromatic nitrogens is 2. The molecule has 0 radical (unpaired) electrons. The molecule has 0 atom stereocenters. The summed E-state index contributed by atoms with van der Waals surface area (Å²) in [5.74, 6) is 0.111. The number of anilines is 1. The third kappa shape index (κ3) is 4.99. The molecule has 32 heavy (non-hydrogen) atoms. The van der Waals surface area contributed by atoms with Crippen LogP contribution in [0.2, 0.25) is 0 Å². The first kappa shape index (κ1) is 22.0. The summed E-state index contributed by atoms with van der Waals surface area (Å²) in [5, 5.41) is 5.07. The lowest BCUT2D eigenvalue weighted by atomic mass is 10.2. The highest BCUT2D eigenvalue weighted by molar-refractivity contribution is 7.18. The average molecular weight is 449 g/mol. The van der Waals surface area contributed by atoms with E-state index in [4.69, 9.17) is 0 Å². The lowest BCUT2D eigenvalue weighted by Crippen LogP contribution is -2.33. The number of hydrogen-bond donors (Lipinski definition) is 1. The smallest absolute Gasteiger partial charge is 0.242 e. The minimum atomic E-state index is 0.00149. The molecule has 0 saturated carbocycles. The number of rotatable bonds is 9. The van der Waals surface area contributed by atoms with E-state index >= 15 is 0 Å². The van der Waals surface area contributed by atoms with Crippen LogP contribution in [0, 0.1) is 0 Å². The predicted octanol–water partition coefficient (Wildman–Crippen LogP) is 5.08. The molecule has 7 heteroatoms. The molecule has 0 saturated heterocycles. The summed E-state index contributed by atoms with van der Waals surface area (Å²) < 4.78 is 3.14. The number of amides is 2. The Morgan fingerprint density at radius 3 is 2.69 bits per heavy atom. The fourth-order valence-electron chi connectivity index (χ4n) is 3.89. The number of fused-ring (bicyclic) bond motifs is 2. The van der Waals surface area contributed by atoms with Gasteiger partial charge in [0, 0.05) is 42.3 Å². The summed E-state index contributed by atoms with van der Waals surface area (Å²) in [6.45, 7) is 5.72. The first-order valence-electron chi connectivity index (χ1n) is 11.1. The van der Waals surface area contributed by atoms with E-state index in [0.29, 0.717) is 26.1 Å². The van der Waals surface area contributed by atoms with Crippen LogP contribution in [-0.2, 0) is 22.6 Å². The average Bonchev–Trinajstić information content (AvgIpc) is 3.38. The van der Waals surface area contributed by atoms with Gasteiger partial charge in [-0.25, -0.2) is 4.98 Å². The Balaban J connectivity index is 1.32. The van der Waals surface area contributed by atoms with Crippen molar-refractivity contribution >= 4 is 50.0 Å². The number of carbonyl (C=O) groups excluding carboxylic acids is 2. The second-order valence-electron chi connectivity index (χ2n) is 7.76. The van der Waals surface area contributed by atoms with E-state index in [0.717, 1.165) is 40.0 Å². The van der Waals surface area contributed by atoms with Crippen LogP contribution < -0.4 is 5.32 Å². The number of hydrogen-bond acceptors (Lipinski definition) is 4. The van der Waals surface area contributed by atoms with Gasteiger partial charge in [0.25, 0.3) is 0 Å². The molecule has 6 nitrogen and oxygen atoms in total. The molecule has 0 aliphatic rings. The van der Waals surface area contributed by atoms with E-state index in [-0.39, 0.29) is 11.8 Å². The monoisotopic (exact) mass is 448 g/mol. The molecule has 4 aromatic rings. The maximum absolute atomic E-state index is 12.4. The lowest BCUT2D eigenvalue weighted by Gasteiger charge is -2.19. The van der Waals surface area contributed by atoms with Gasteiger partial charge in [-0.1, -0.05) is 12.1 Å². The van der Waals surface area contributed by atoms with Gasteiger partial charge in [-0.3, -0.25) is 9.59 Å². The van der Waals surface area contributed by atoms with Crippen molar-refractivity contribution in [2.24, 2.45) is 0 Å². The van der Waals surface area contributed by atoms with Crippen LogP contribution in [0.1, 0.15) is 31.7 Å². The maximum Gasteiger partial charge on any atom is 0.242 e. The van der Waals surface area contributed by atoms with Crippen molar-refractivity contribution in [1.29, 1.82) is 0 Å². The van der Waals surface area contributed by atoms with Crippen molar-refractivity contribution in [3.05, 3.63) is 59.7 Å². The first-order valence-corrected chi connectivity index (χ1v) is 11.9. The maximum atomic E-state index is 12.4. The van der Waals surface area contributed by atoms with Crippen LogP contribution in [0.5, 0.6) is 0 Å². The summed E-state index contributed by atoms with van der Waals surface area (Å²) >= 11 is 1.69. The molecule has 2 aromatic carbocycles. The van der Waals surface area contributed by atoms with Crippen molar-refractivity contribution in [3.63, 3.8) is 0 Å². The Kier molecular flexibility index (Phi) is 6.85. The number of nitrogens with zero attached hydrogens (tertiary/aromatic N) is 3. The molecule has 1 N–H and O–H groups in total. The molecular formula is C25H28N4O2S. The van der Waals surface area contributed by atoms with E-state index in [1.54, 1.807) is 11.3 Å². The number of nitrogens with one attached hydrogen (secondary N) is 1. The largest absolute Gasteiger partial charge is 0.342 e. The van der Waals surface area contributed by atoms with E-state index in [2.05, 4.69) is 16.4 Å². The lowest BCUT2D eigenvalue weighted by molar-refractivity contribution is -0.131. The molecule has 0 spiro atoms. The summed E-state index contributed by atoms with van der Waals surface area (Å²) in [5.41, 5.74) is 2.78. The third-order valence-corrected chi connectivity index (χ3v) is 6.71. The van der Waals surface area contributed by atoms with Gasteiger partial charge < -0.3 is 14.8 Å². The van der Waals surface area contributed by atoms with Gasteiger partial charge in [0.1, 0.15) is 6.54 Å². The SMILES string of the molecule is CCN(CC)C(=O)Cn1ccc2cc(NC(=O)CCCc3nc4ccccc4s3)ccc21. The second kappa shape index (κ2) is 9.96. The Labute approximate surface area is 191 Å². The predicted molar refractivity (Wildman–Crippen MR) is 131 cm³/mol. The van der Waals surface area contributed by atoms with Gasteiger partial charge in [-0.15, -0.1) is 11.3 Å². The quantitative estimate of drug-likeness (QED) is 0.388. The van der Waals surface area contributed by atoms with Crippen molar-refractivity contribution in [3.8, 4) is 0 Å². The Morgan fingerprint density at radius 2 is 1.91 bits per heavy atom. The highest BCUT2D eigenvalue weighted by atomic mass is 32.1. The van der Waals surface area contributed by atoms with Crippen LogP contribution in [0.25, 0.3) is 21.1 Å².